The molecule has 3 nitrogen and oxygen atoms in total. The summed E-state index contributed by atoms with van der Waals surface area (Å²) < 4.78 is 5.74. The van der Waals surface area contributed by atoms with E-state index in [2.05, 4.69) is 11.9 Å². The van der Waals surface area contributed by atoms with Gasteiger partial charge in [0.2, 0.25) is 0 Å². The lowest BCUT2D eigenvalue weighted by Gasteiger charge is -2.30. The van der Waals surface area contributed by atoms with Crippen LogP contribution in [0.15, 0.2) is 18.2 Å². The van der Waals surface area contributed by atoms with Crippen molar-refractivity contribution < 1.29 is 9.84 Å². The Morgan fingerprint density at radius 1 is 1.30 bits per heavy atom. The van der Waals surface area contributed by atoms with Crippen molar-refractivity contribution >= 4 is 0 Å². The smallest absolute Gasteiger partial charge is 0.127 e. The number of aromatic hydroxyl groups is 1. The molecule has 0 amide bonds. The fourth-order valence-electron chi connectivity index (χ4n) is 4.64. The number of hydrogen-bond acceptors (Lipinski definition) is 3. The summed E-state index contributed by atoms with van der Waals surface area (Å²) in [5.41, 5.74) is 1.23. The summed E-state index contributed by atoms with van der Waals surface area (Å²) in [5.74, 6) is 4.03. The van der Waals surface area contributed by atoms with Crippen LogP contribution in [0.25, 0.3) is 0 Å². The molecule has 2 saturated carbocycles. The summed E-state index contributed by atoms with van der Waals surface area (Å²) in [6.07, 6.45) is 5.84. The second kappa shape index (κ2) is 4.66. The van der Waals surface area contributed by atoms with Crippen LogP contribution in [0.3, 0.4) is 0 Å². The first kappa shape index (κ1) is 12.5. The van der Waals surface area contributed by atoms with Crippen LogP contribution in [0, 0.1) is 17.8 Å². The summed E-state index contributed by atoms with van der Waals surface area (Å²) in [4.78, 5) is 2.47. The van der Waals surface area contributed by atoms with Crippen LogP contribution in [-0.2, 0) is 0 Å². The molecule has 1 heterocycles. The van der Waals surface area contributed by atoms with Crippen molar-refractivity contribution in [1.82, 2.24) is 4.90 Å². The van der Waals surface area contributed by atoms with Gasteiger partial charge < -0.3 is 9.84 Å². The van der Waals surface area contributed by atoms with Crippen molar-refractivity contribution in [3.63, 3.8) is 0 Å². The third-order valence-electron chi connectivity index (χ3n) is 5.69. The van der Waals surface area contributed by atoms with Crippen molar-refractivity contribution in [2.75, 3.05) is 20.2 Å². The zero-order chi connectivity index (χ0) is 13.7. The Bertz CT molecular complexity index is 516. The van der Waals surface area contributed by atoms with E-state index < -0.39 is 0 Å². The van der Waals surface area contributed by atoms with Gasteiger partial charge >= 0.3 is 0 Å². The molecule has 0 saturated heterocycles. The number of benzene rings is 1. The van der Waals surface area contributed by atoms with E-state index in [0.29, 0.717) is 11.8 Å². The predicted molar refractivity (Wildman–Crippen MR) is 77.9 cm³/mol. The Balaban J connectivity index is 1.46. The monoisotopic (exact) mass is 273 g/mol. The maximum absolute atomic E-state index is 9.53. The lowest BCUT2D eigenvalue weighted by molar-refractivity contribution is 0.150. The van der Waals surface area contributed by atoms with Gasteiger partial charge in [-0.05, 0) is 56.2 Å². The van der Waals surface area contributed by atoms with E-state index in [4.69, 9.17) is 4.74 Å². The molecule has 4 unspecified atom stereocenters. The average Bonchev–Trinajstić information content (AvgIpc) is 3.11. The molecule has 3 aliphatic rings. The minimum atomic E-state index is 0.292. The van der Waals surface area contributed by atoms with E-state index in [-0.39, 0.29) is 0 Å². The van der Waals surface area contributed by atoms with E-state index in [1.165, 1.54) is 37.8 Å². The molecule has 0 radical (unpaired) electrons. The van der Waals surface area contributed by atoms with Crippen LogP contribution in [-0.4, -0.2) is 30.2 Å². The lowest BCUT2D eigenvalue weighted by atomic mass is 9.88. The predicted octanol–water partition coefficient (Wildman–Crippen LogP) is 3.19. The molecule has 0 aromatic heterocycles. The highest BCUT2D eigenvalue weighted by Gasteiger charge is 2.40. The number of phenolic OH excluding ortho intramolecular Hbond substituents is 1. The SMILES string of the molecule is CN(CC1CC2CCC1C2)C1COc2cc(O)ccc21. The number of nitrogens with zero attached hydrogens (tertiary/aromatic N) is 1. The van der Waals surface area contributed by atoms with Gasteiger partial charge in [-0.25, -0.2) is 0 Å². The summed E-state index contributed by atoms with van der Waals surface area (Å²) in [5, 5.41) is 9.53. The Hall–Kier alpha value is -1.22. The average molecular weight is 273 g/mol. The van der Waals surface area contributed by atoms with Crippen LogP contribution >= 0.6 is 0 Å². The van der Waals surface area contributed by atoms with Crippen LogP contribution in [0.4, 0.5) is 0 Å². The molecule has 0 spiro atoms. The zero-order valence-electron chi connectivity index (χ0n) is 12.1. The molecule has 3 heteroatoms. The van der Waals surface area contributed by atoms with Crippen molar-refractivity contribution in [1.29, 1.82) is 0 Å². The molecule has 2 aliphatic carbocycles. The number of likely N-dealkylation sites (N-methyl/N-ethyl adjacent to an activating group) is 1. The van der Waals surface area contributed by atoms with E-state index in [0.717, 1.165) is 30.1 Å². The fourth-order valence-corrected chi connectivity index (χ4v) is 4.64. The third kappa shape index (κ3) is 1.99. The number of ether oxygens (including phenoxy) is 1. The second-order valence-electron chi connectivity index (χ2n) is 6.92. The maximum Gasteiger partial charge on any atom is 0.127 e. The minimum Gasteiger partial charge on any atom is -0.508 e. The minimum absolute atomic E-state index is 0.292. The largest absolute Gasteiger partial charge is 0.508 e. The van der Waals surface area contributed by atoms with Crippen LogP contribution < -0.4 is 4.74 Å². The van der Waals surface area contributed by atoms with E-state index in [9.17, 15) is 5.11 Å². The molecule has 4 rings (SSSR count). The molecule has 1 aliphatic heterocycles. The van der Waals surface area contributed by atoms with Gasteiger partial charge in [-0.3, -0.25) is 4.90 Å². The van der Waals surface area contributed by atoms with Gasteiger partial charge in [0.25, 0.3) is 0 Å². The molecule has 20 heavy (non-hydrogen) atoms. The van der Waals surface area contributed by atoms with Crippen molar-refractivity contribution in [2.24, 2.45) is 17.8 Å². The van der Waals surface area contributed by atoms with Crippen molar-refractivity contribution in [3.8, 4) is 11.5 Å². The molecule has 1 aromatic carbocycles. The Morgan fingerprint density at radius 3 is 2.95 bits per heavy atom. The van der Waals surface area contributed by atoms with Crippen LogP contribution in [0.5, 0.6) is 11.5 Å². The van der Waals surface area contributed by atoms with Crippen molar-refractivity contribution in [2.45, 2.75) is 31.7 Å². The van der Waals surface area contributed by atoms with E-state index in [1.807, 2.05) is 6.07 Å². The highest BCUT2D eigenvalue weighted by molar-refractivity contribution is 5.44. The van der Waals surface area contributed by atoms with Crippen LogP contribution in [0.2, 0.25) is 0 Å². The summed E-state index contributed by atoms with van der Waals surface area (Å²) >= 11 is 0. The highest BCUT2D eigenvalue weighted by Crippen LogP contribution is 2.49. The lowest BCUT2D eigenvalue weighted by Crippen LogP contribution is -2.32. The topological polar surface area (TPSA) is 32.7 Å². The van der Waals surface area contributed by atoms with E-state index in [1.54, 1.807) is 12.1 Å². The van der Waals surface area contributed by atoms with Gasteiger partial charge in [0.05, 0.1) is 6.04 Å². The molecule has 1 aromatic rings. The first-order valence-electron chi connectivity index (χ1n) is 7.86. The normalized spacial score (nSPS) is 34.5. The Morgan fingerprint density at radius 2 is 2.20 bits per heavy atom. The summed E-state index contributed by atoms with van der Waals surface area (Å²) in [7, 11) is 2.22. The molecular formula is C17H23NO2. The molecule has 4 atom stereocenters. The fraction of sp³-hybridized carbons (Fsp3) is 0.647. The zero-order valence-corrected chi connectivity index (χ0v) is 12.1. The molecule has 1 N–H and O–H groups in total. The first-order valence-corrected chi connectivity index (χ1v) is 7.86. The highest BCUT2D eigenvalue weighted by atomic mass is 16.5. The van der Waals surface area contributed by atoms with Gasteiger partial charge in [-0.15, -0.1) is 0 Å². The Kier molecular flexibility index (Phi) is 2.92. The van der Waals surface area contributed by atoms with Gasteiger partial charge in [0.15, 0.2) is 0 Å². The molecular weight excluding hydrogens is 250 g/mol. The molecule has 2 fully saturated rings. The van der Waals surface area contributed by atoms with Gasteiger partial charge in [0, 0.05) is 18.2 Å². The maximum atomic E-state index is 9.53. The van der Waals surface area contributed by atoms with Crippen molar-refractivity contribution in [3.05, 3.63) is 23.8 Å². The quantitative estimate of drug-likeness (QED) is 0.918. The number of phenols is 1. The summed E-state index contributed by atoms with van der Waals surface area (Å²) in [6, 6.07) is 5.87. The second-order valence-corrected chi connectivity index (χ2v) is 6.92. The van der Waals surface area contributed by atoms with Gasteiger partial charge in [-0.1, -0.05) is 6.42 Å². The molecule has 108 valence electrons. The first-order chi connectivity index (χ1) is 9.70. The number of rotatable bonds is 3. The standard InChI is InChI=1S/C17H23NO2/c1-18(9-13-7-11-2-3-12(13)6-11)16-10-20-17-8-14(19)4-5-15(16)17/h4-5,8,11-13,16,19H,2-3,6-7,9-10H2,1H3. The number of hydrogen-bond donors (Lipinski definition) is 1. The number of fused-ring (bicyclic) bond motifs is 3. The molecule has 2 bridgehead atoms. The Labute approximate surface area is 120 Å². The third-order valence-corrected chi connectivity index (χ3v) is 5.69. The van der Waals surface area contributed by atoms with Gasteiger partial charge in [-0.2, -0.15) is 0 Å². The van der Waals surface area contributed by atoms with Gasteiger partial charge in [0.1, 0.15) is 18.1 Å². The van der Waals surface area contributed by atoms with Crippen LogP contribution in [0.1, 0.15) is 37.3 Å². The van der Waals surface area contributed by atoms with E-state index >= 15 is 0 Å². The summed E-state index contributed by atoms with van der Waals surface area (Å²) in [6.45, 7) is 1.91.